The summed E-state index contributed by atoms with van der Waals surface area (Å²) in [6, 6.07) is 4.28. The van der Waals surface area contributed by atoms with Crippen LogP contribution >= 0.6 is 11.8 Å². The van der Waals surface area contributed by atoms with E-state index in [0.29, 0.717) is 11.9 Å². The van der Waals surface area contributed by atoms with Gasteiger partial charge in [0.05, 0.1) is 12.1 Å². The quantitative estimate of drug-likeness (QED) is 0.665. The number of carbonyl (C=O) groups is 1. The number of pyridine rings is 1. The van der Waals surface area contributed by atoms with Crippen LogP contribution in [0.1, 0.15) is 42.2 Å². The minimum absolute atomic E-state index is 0.116. The highest BCUT2D eigenvalue weighted by Gasteiger charge is 2.24. The minimum atomic E-state index is -0.549. The first kappa shape index (κ1) is 17.0. The molecular formula is C18H22N2O3S. The van der Waals surface area contributed by atoms with E-state index in [4.69, 9.17) is 10.5 Å². The van der Waals surface area contributed by atoms with Crippen molar-refractivity contribution in [2.45, 2.75) is 37.6 Å². The van der Waals surface area contributed by atoms with Crippen molar-refractivity contribution in [3.05, 3.63) is 39.7 Å². The molecule has 2 heterocycles. The first-order valence-corrected chi connectivity index (χ1v) is 9.27. The lowest BCUT2D eigenvalue weighted by molar-refractivity contribution is 0.0524. The average molecular weight is 346 g/mol. The van der Waals surface area contributed by atoms with Gasteiger partial charge in [0.1, 0.15) is 5.56 Å². The Morgan fingerprint density at radius 1 is 1.46 bits per heavy atom. The van der Waals surface area contributed by atoms with Gasteiger partial charge >= 0.3 is 5.97 Å². The molecule has 24 heavy (non-hydrogen) atoms. The van der Waals surface area contributed by atoms with Crippen molar-refractivity contribution >= 4 is 28.6 Å². The van der Waals surface area contributed by atoms with E-state index in [2.05, 4.69) is 17.6 Å². The molecule has 2 aromatic rings. The van der Waals surface area contributed by atoms with Gasteiger partial charge in [0, 0.05) is 34.8 Å². The topological polar surface area (TPSA) is 74.3 Å². The smallest absolute Gasteiger partial charge is 0.343 e. The molecule has 1 aliphatic rings. The molecule has 1 unspecified atom stereocenters. The SMILES string of the molecule is CCOC(=O)c1cn2c3c(cc(SCCN)cc3c1=O)CCC2C. The molecule has 0 bridgehead atoms. The first-order chi connectivity index (χ1) is 11.6. The number of carbonyl (C=O) groups excluding carboxylic acids is 1. The van der Waals surface area contributed by atoms with Crippen LogP contribution < -0.4 is 11.2 Å². The summed E-state index contributed by atoms with van der Waals surface area (Å²) < 4.78 is 7.12. The van der Waals surface area contributed by atoms with E-state index in [9.17, 15) is 9.59 Å². The van der Waals surface area contributed by atoms with Gasteiger partial charge in [-0.2, -0.15) is 0 Å². The lowest BCUT2D eigenvalue weighted by Gasteiger charge is -2.27. The summed E-state index contributed by atoms with van der Waals surface area (Å²) in [5, 5.41) is 0.601. The van der Waals surface area contributed by atoms with E-state index in [-0.39, 0.29) is 23.6 Å². The molecule has 0 fully saturated rings. The molecule has 0 saturated heterocycles. The molecule has 1 atom stereocenters. The monoisotopic (exact) mass is 346 g/mol. The highest BCUT2D eigenvalue weighted by Crippen LogP contribution is 2.33. The van der Waals surface area contributed by atoms with Crippen LogP contribution in [0.3, 0.4) is 0 Å². The molecule has 1 aromatic carbocycles. The van der Waals surface area contributed by atoms with Crippen molar-refractivity contribution < 1.29 is 9.53 Å². The molecule has 3 rings (SSSR count). The summed E-state index contributed by atoms with van der Waals surface area (Å²) in [6.45, 7) is 4.69. The summed E-state index contributed by atoms with van der Waals surface area (Å²) in [5.41, 5.74) is 7.58. The van der Waals surface area contributed by atoms with E-state index >= 15 is 0 Å². The molecule has 128 valence electrons. The average Bonchev–Trinajstić information content (AvgIpc) is 2.58. The maximum Gasteiger partial charge on any atom is 0.343 e. The zero-order valence-corrected chi connectivity index (χ0v) is 14.8. The standard InChI is InChI=1S/C18H22N2O3S/c1-3-23-18(22)15-10-20-11(2)4-5-12-8-13(24-7-6-19)9-14(16(12)20)17(15)21/h8-11H,3-7,19H2,1-2H3. The number of nitrogens with two attached hydrogens (primary N) is 1. The Kier molecular flexibility index (Phi) is 4.96. The molecule has 0 saturated carbocycles. The Labute approximate surface area is 145 Å². The predicted molar refractivity (Wildman–Crippen MR) is 97.0 cm³/mol. The number of aromatic nitrogens is 1. The third kappa shape index (κ3) is 2.96. The van der Waals surface area contributed by atoms with Crippen LogP contribution in [0.15, 0.2) is 28.0 Å². The number of nitrogens with zero attached hydrogens (tertiary/aromatic N) is 1. The van der Waals surface area contributed by atoms with Gasteiger partial charge in [0.25, 0.3) is 0 Å². The normalized spacial score (nSPS) is 16.4. The molecule has 5 nitrogen and oxygen atoms in total. The highest BCUT2D eigenvalue weighted by atomic mass is 32.2. The van der Waals surface area contributed by atoms with E-state index in [1.54, 1.807) is 24.9 Å². The summed E-state index contributed by atoms with van der Waals surface area (Å²) in [6.07, 6.45) is 3.59. The van der Waals surface area contributed by atoms with Crippen molar-refractivity contribution in [2.75, 3.05) is 18.9 Å². The second-order valence-electron chi connectivity index (χ2n) is 6.00. The third-order valence-electron chi connectivity index (χ3n) is 4.37. The van der Waals surface area contributed by atoms with Gasteiger partial charge in [-0.1, -0.05) is 0 Å². The Bertz CT molecular complexity index is 844. The number of benzene rings is 1. The maximum atomic E-state index is 12.9. The fourth-order valence-corrected chi connectivity index (χ4v) is 3.99. The fraction of sp³-hybridized carbons (Fsp3) is 0.444. The van der Waals surface area contributed by atoms with Crippen molar-refractivity contribution in [1.29, 1.82) is 0 Å². The van der Waals surface area contributed by atoms with Gasteiger partial charge in [-0.3, -0.25) is 4.79 Å². The van der Waals surface area contributed by atoms with Crippen LogP contribution in [0.2, 0.25) is 0 Å². The van der Waals surface area contributed by atoms with Gasteiger partial charge < -0.3 is 15.0 Å². The predicted octanol–water partition coefficient (Wildman–Crippen LogP) is 2.74. The van der Waals surface area contributed by atoms with Crippen LogP contribution in [-0.4, -0.2) is 29.4 Å². The van der Waals surface area contributed by atoms with Gasteiger partial charge in [-0.15, -0.1) is 11.8 Å². The zero-order chi connectivity index (χ0) is 17.3. The van der Waals surface area contributed by atoms with Gasteiger partial charge in [-0.05, 0) is 44.4 Å². The molecule has 0 amide bonds. The summed E-state index contributed by atoms with van der Waals surface area (Å²) in [7, 11) is 0. The second kappa shape index (κ2) is 6.99. The summed E-state index contributed by atoms with van der Waals surface area (Å²) >= 11 is 1.64. The lowest BCUT2D eigenvalue weighted by atomic mass is 9.96. The molecule has 1 aliphatic heterocycles. The van der Waals surface area contributed by atoms with E-state index < -0.39 is 5.97 Å². The number of ether oxygens (including phenoxy) is 1. The summed E-state index contributed by atoms with van der Waals surface area (Å²) in [4.78, 5) is 26.1. The van der Waals surface area contributed by atoms with Crippen molar-refractivity contribution in [3.8, 4) is 0 Å². The Morgan fingerprint density at radius 3 is 2.96 bits per heavy atom. The molecule has 0 spiro atoms. The van der Waals surface area contributed by atoms with E-state index in [0.717, 1.165) is 34.6 Å². The second-order valence-corrected chi connectivity index (χ2v) is 7.17. The fourth-order valence-electron chi connectivity index (χ4n) is 3.21. The van der Waals surface area contributed by atoms with Crippen LogP contribution in [0.25, 0.3) is 10.9 Å². The highest BCUT2D eigenvalue weighted by molar-refractivity contribution is 7.99. The third-order valence-corrected chi connectivity index (χ3v) is 5.38. The summed E-state index contributed by atoms with van der Waals surface area (Å²) in [5.74, 6) is 0.250. The van der Waals surface area contributed by atoms with E-state index in [1.807, 2.05) is 6.07 Å². The van der Waals surface area contributed by atoms with Gasteiger partial charge in [-0.25, -0.2) is 4.79 Å². The first-order valence-electron chi connectivity index (χ1n) is 8.28. The molecule has 2 N–H and O–H groups in total. The molecule has 1 aromatic heterocycles. The van der Waals surface area contributed by atoms with Gasteiger partial charge in [0.2, 0.25) is 5.43 Å². The number of hydrogen-bond acceptors (Lipinski definition) is 5. The van der Waals surface area contributed by atoms with Crippen LogP contribution in [-0.2, 0) is 11.2 Å². The largest absolute Gasteiger partial charge is 0.462 e. The van der Waals surface area contributed by atoms with Crippen molar-refractivity contribution in [1.82, 2.24) is 4.57 Å². The van der Waals surface area contributed by atoms with Crippen LogP contribution in [0, 0.1) is 0 Å². The van der Waals surface area contributed by atoms with Gasteiger partial charge in [0.15, 0.2) is 0 Å². The Hall–Kier alpha value is -1.79. The maximum absolute atomic E-state index is 12.9. The number of hydrogen-bond donors (Lipinski definition) is 1. The number of aryl methyl sites for hydroxylation is 1. The molecule has 6 heteroatoms. The van der Waals surface area contributed by atoms with Crippen molar-refractivity contribution in [2.24, 2.45) is 5.73 Å². The number of rotatable bonds is 5. The lowest BCUT2D eigenvalue weighted by Crippen LogP contribution is -2.25. The Morgan fingerprint density at radius 2 is 2.25 bits per heavy atom. The number of esters is 1. The van der Waals surface area contributed by atoms with Crippen molar-refractivity contribution in [3.63, 3.8) is 0 Å². The van der Waals surface area contributed by atoms with E-state index in [1.165, 1.54) is 0 Å². The number of thioether (sulfide) groups is 1. The zero-order valence-electron chi connectivity index (χ0n) is 14.0. The van der Waals surface area contributed by atoms with Crippen LogP contribution in [0.4, 0.5) is 0 Å². The minimum Gasteiger partial charge on any atom is -0.462 e. The molecule has 0 aliphatic carbocycles. The Balaban J connectivity index is 2.26. The molecular weight excluding hydrogens is 324 g/mol. The molecule has 0 radical (unpaired) electrons. The van der Waals surface area contributed by atoms with Crippen LogP contribution in [0.5, 0.6) is 0 Å².